The lowest BCUT2D eigenvalue weighted by molar-refractivity contribution is -0.189. The zero-order chi connectivity index (χ0) is 32.0. The molecule has 0 aromatic carbocycles. The van der Waals surface area contributed by atoms with Crippen LogP contribution in [-0.2, 0) is 10.0 Å². The normalized spacial score (nSPS) is 21.9. The topological polar surface area (TPSA) is 131 Å². The largest absolute Gasteiger partial charge is 0.477 e. The van der Waals surface area contributed by atoms with E-state index in [0.29, 0.717) is 36.5 Å². The Bertz CT molecular complexity index is 1690. The lowest BCUT2D eigenvalue weighted by Gasteiger charge is -2.34. The third kappa shape index (κ3) is 6.44. The Hall–Kier alpha value is -3.88. The highest BCUT2D eigenvalue weighted by Crippen LogP contribution is 2.60. The fourth-order valence-electron chi connectivity index (χ4n) is 6.33. The van der Waals surface area contributed by atoms with Crippen LogP contribution in [0.15, 0.2) is 47.6 Å². The summed E-state index contributed by atoms with van der Waals surface area (Å²) in [6, 6.07) is 9.25. The molecule has 15 heteroatoms. The Balaban J connectivity index is 1.26. The first kappa shape index (κ1) is 31.1. The number of carbonyl (C=O) groups excluding carboxylic acids is 1. The van der Waals surface area contributed by atoms with Gasteiger partial charge in [0, 0.05) is 30.9 Å². The van der Waals surface area contributed by atoms with Gasteiger partial charge in [-0.2, -0.15) is 21.6 Å². The summed E-state index contributed by atoms with van der Waals surface area (Å²) in [4.78, 5) is 24.6. The van der Waals surface area contributed by atoms with Gasteiger partial charge in [0.1, 0.15) is 11.6 Å². The van der Waals surface area contributed by atoms with Gasteiger partial charge in [0.05, 0.1) is 17.6 Å². The Morgan fingerprint density at radius 2 is 1.91 bits per heavy atom. The minimum atomic E-state index is -4.29. The van der Waals surface area contributed by atoms with Crippen molar-refractivity contribution in [3.63, 3.8) is 0 Å². The van der Waals surface area contributed by atoms with E-state index in [9.17, 15) is 26.4 Å². The van der Waals surface area contributed by atoms with Gasteiger partial charge in [-0.25, -0.2) is 19.4 Å². The summed E-state index contributed by atoms with van der Waals surface area (Å²) in [7, 11) is -4.29. The number of hydrogen-bond acceptors (Lipinski definition) is 9. The van der Waals surface area contributed by atoms with E-state index in [0.717, 1.165) is 19.3 Å². The molecule has 1 saturated carbocycles. The molecule has 0 spiro atoms. The second-order valence-electron chi connectivity index (χ2n) is 12.7. The van der Waals surface area contributed by atoms with Crippen molar-refractivity contribution in [2.24, 2.45) is 11.3 Å². The number of amides is 1. The quantitative estimate of drug-likeness (QED) is 0.351. The zero-order valence-corrected chi connectivity index (χ0v) is 25.9. The highest BCUT2D eigenvalue weighted by molar-refractivity contribution is 7.90. The van der Waals surface area contributed by atoms with Crippen molar-refractivity contribution in [2.75, 3.05) is 29.9 Å². The van der Waals surface area contributed by atoms with Gasteiger partial charge in [0.15, 0.2) is 10.8 Å². The van der Waals surface area contributed by atoms with Crippen molar-refractivity contribution in [1.82, 2.24) is 24.5 Å². The van der Waals surface area contributed by atoms with Crippen LogP contribution in [0.3, 0.4) is 0 Å². The highest BCUT2D eigenvalue weighted by atomic mass is 32.2. The maximum Gasteiger partial charge on any atom is 0.394 e. The molecule has 1 aliphatic carbocycles. The summed E-state index contributed by atoms with van der Waals surface area (Å²) in [5.41, 5.74) is -1.87. The van der Waals surface area contributed by atoms with E-state index in [-0.39, 0.29) is 54.3 Å². The first-order chi connectivity index (χ1) is 21.3. The molecule has 1 atom stereocenters. The summed E-state index contributed by atoms with van der Waals surface area (Å²) >= 11 is 0. The second-order valence-corrected chi connectivity index (χ2v) is 14.4. The van der Waals surface area contributed by atoms with Crippen LogP contribution in [0.1, 0.15) is 69.2 Å². The van der Waals surface area contributed by atoms with Crippen molar-refractivity contribution in [1.29, 1.82) is 0 Å². The first-order valence-electron chi connectivity index (χ1n) is 15.1. The van der Waals surface area contributed by atoms with E-state index < -0.39 is 27.5 Å². The number of sulfonamides is 1. The molecule has 1 saturated heterocycles. The Morgan fingerprint density at radius 1 is 1.11 bits per heavy atom. The van der Waals surface area contributed by atoms with Crippen LogP contribution < -0.4 is 19.7 Å². The Labute approximate surface area is 259 Å². The average molecular weight is 648 g/mol. The molecule has 3 aromatic heterocycles. The number of aromatic nitrogens is 4. The van der Waals surface area contributed by atoms with Crippen LogP contribution in [0.2, 0.25) is 0 Å². The number of ether oxygens (including phenoxy) is 1. The zero-order valence-electron chi connectivity index (χ0n) is 25.1. The van der Waals surface area contributed by atoms with Gasteiger partial charge in [-0.1, -0.05) is 6.07 Å². The smallest absolute Gasteiger partial charge is 0.394 e. The molecule has 11 nitrogen and oxygen atoms in total. The van der Waals surface area contributed by atoms with Crippen molar-refractivity contribution >= 4 is 27.6 Å². The summed E-state index contributed by atoms with van der Waals surface area (Å²) in [5, 5.41) is 7.30. The van der Waals surface area contributed by atoms with Gasteiger partial charge >= 0.3 is 6.18 Å². The van der Waals surface area contributed by atoms with E-state index in [1.54, 1.807) is 30.5 Å². The van der Waals surface area contributed by atoms with Crippen LogP contribution in [0, 0.1) is 11.3 Å². The van der Waals surface area contributed by atoms with Gasteiger partial charge < -0.3 is 15.0 Å². The molecule has 242 valence electrons. The SMILES string of the molecule is CC1(C)C[C@@H]2CCCNc3cccc(n3)S(=O)(=O)NC(=O)c3ccc(-n4ccc(OCCCC5(C(F)(F)F)CC5)n4)nc3N1C2. The molecule has 6 rings (SSSR count). The number of nitrogens with zero attached hydrogens (tertiary/aromatic N) is 5. The number of fused-ring (bicyclic) bond motifs is 6. The molecule has 2 fully saturated rings. The Kier molecular flexibility index (Phi) is 7.94. The summed E-state index contributed by atoms with van der Waals surface area (Å²) < 4.78 is 75.3. The predicted molar refractivity (Wildman–Crippen MR) is 160 cm³/mol. The van der Waals surface area contributed by atoms with Crippen molar-refractivity contribution in [3.8, 4) is 11.7 Å². The Morgan fingerprint density at radius 3 is 2.67 bits per heavy atom. The molecular weight excluding hydrogens is 611 g/mol. The molecule has 1 amide bonds. The van der Waals surface area contributed by atoms with Crippen molar-refractivity contribution in [3.05, 3.63) is 48.2 Å². The van der Waals surface area contributed by atoms with E-state index in [4.69, 9.17) is 9.72 Å². The molecule has 0 unspecified atom stereocenters. The van der Waals surface area contributed by atoms with E-state index in [1.165, 1.54) is 16.8 Å². The first-order valence-corrected chi connectivity index (χ1v) is 16.6. The van der Waals surface area contributed by atoms with Gasteiger partial charge in [-0.05, 0) is 89.0 Å². The minimum Gasteiger partial charge on any atom is -0.477 e. The number of nitrogens with one attached hydrogen (secondary N) is 2. The fourth-order valence-corrected chi connectivity index (χ4v) is 7.26. The number of anilines is 2. The minimum absolute atomic E-state index is 0.0198. The molecule has 4 bridgehead atoms. The second kappa shape index (κ2) is 11.5. The third-order valence-electron chi connectivity index (χ3n) is 8.95. The number of rotatable bonds is 6. The molecule has 3 aromatic rings. The number of halogens is 3. The summed E-state index contributed by atoms with van der Waals surface area (Å²) in [5.74, 6) is 0.809. The standard InChI is InChI=1S/C30H36F3N7O4S/c1-28(2)18-20-6-4-15-34-22-7-3-8-25(35-22)45(42,43)38-27(41)21-9-10-23(36-26(21)39(28)19-20)40-16-11-24(37-40)44-17-5-12-29(13-14-29)30(31,32)33/h3,7-11,16,20H,4-6,12-15,17-19H2,1-2H3,(H,34,35)(H,38,41)/t20-/m0/s1. The van der Waals surface area contributed by atoms with Crippen LogP contribution in [0.5, 0.6) is 5.88 Å². The molecule has 3 aliphatic rings. The number of pyridine rings is 2. The molecule has 45 heavy (non-hydrogen) atoms. The molecule has 2 aliphatic heterocycles. The van der Waals surface area contributed by atoms with Crippen molar-refractivity contribution < 1.29 is 31.1 Å². The fraction of sp³-hybridized carbons (Fsp3) is 0.533. The highest BCUT2D eigenvalue weighted by Gasteiger charge is 2.62. The van der Waals surface area contributed by atoms with Gasteiger partial charge in [-0.3, -0.25) is 4.79 Å². The predicted octanol–water partition coefficient (Wildman–Crippen LogP) is 5.09. The van der Waals surface area contributed by atoms with Crippen LogP contribution in [0.25, 0.3) is 5.82 Å². The van der Waals surface area contributed by atoms with Gasteiger partial charge in [0.25, 0.3) is 15.9 Å². The average Bonchev–Trinajstić information content (AvgIpc) is 3.53. The lowest BCUT2D eigenvalue weighted by atomic mass is 9.93. The van der Waals surface area contributed by atoms with E-state index >= 15 is 0 Å². The van der Waals surface area contributed by atoms with E-state index in [1.807, 2.05) is 4.90 Å². The third-order valence-corrected chi connectivity index (χ3v) is 10.2. The number of hydrogen-bond donors (Lipinski definition) is 2. The van der Waals surface area contributed by atoms with Crippen molar-refractivity contribution in [2.45, 2.75) is 75.5 Å². The maximum absolute atomic E-state index is 13.6. The number of alkyl halides is 3. The summed E-state index contributed by atoms with van der Waals surface area (Å²) in [6.45, 7) is 5.47. The van der Waals surface area contributed by atoms with Crippen LogP contribution in [-0.4, -0.2) is 65.5 Å². The molecular formula is C30H36F3N7O4S. The monoisotopic (exact) mass is 647 g/mol. The summed E-state index contributed by atoms with van der Waals surface area (Å²) in [6.07, 6.45) is 0.625. The van der Waals surface area contributed by atoms with Gasteiger partial charge in [0.2, 0.25) is 5.88 Å². The molecule has 5 heterocycles. The molecule has 0 radical (unpaired) electrons. The maximum atomic E-state index is 13.6. The van der Waals surface area contributed by atoms with Crippen LogP contribution in [0.4, 0.5) is 24.8 Å². The number of carbonyl (C=O) groups is 1. The molecule has 2 N–H and O–H groups in total. The lowest BCUT2D eigenvalue weighted by Crippen LogP contribution is -2.41. The van der Waals surface area contributed by atoms with E-state index in [2.05, 4.69) is 34.0 Å². The van der Waals surface area contributed by atoms with Gasteiger partial charge in [-0.15, -0.1) is 5.10 Å². The van der Waals surface area contributed by atoms with Crippen LogP contribution >= 0.6 is 0 Å².